The molecule has 6 nitrogen and oxygen atoms in total. The Morgan fingerprint density at radius 1 is 1.15 bits per heavy atom. The van der Waals surface area contributed by atoms with Crippen LogP contribution in [0, 0.1) is 11.8 Å². The van der Waals surface area contributed by atoms with Crippen LogP contribution in [-0.4, -0.2) is 28.1 Å². The van der Waals surface area contributed by atoms with Crippen molar-refractivity contribution in [3.63, 3.8) is 0 Å². The maximum atomic E-state index is 12.9. The lowest BCUT2D eigenvalue weighted by Crippen LogP contribution is -2.53. The maximum Gasteiger partial charge on any atom is 0.251 e. The van der Waals surface area contributed by atoms with Gasteiger partial charge in [0.25, 0.3) is 5.91 Å². The number of nitrogens with zero attached hydrogens (tertiary/aromatic N) is 2. The number of fused-ring (bicyclic) bond motifs is 2. The Labute approximate surface area is 158 Å². The van der Waals surface area contributed by atoms with E-state index in [2.05, 4.69) is 15.5 Å². The minimum atomic E-state index is -0.0138. The molecule has 1 aromatic heterocycles. The molecule has 6 heteroatoms. The van der Waals surface area contributed by atoms with Crippen molar-refractivity contribution in [2.24, 2.45) is 17.6 Å². The van der Waals surface area contributed by atoms with Crippen LogP contribution in [-0.2, 0) is 0 Å². The Balaban J connectivity index is 1.33. The summed E-state index contributed by atoms with van der Waals surface area (Å²) in [5.41, 5.74) is 7.68. The summed E-state index contributed by atoms with van der Waals surface area (Å²) in [5, 5.41) is 7.40. The van der Waals surface area contributed by atoms with Gasteiger partial charge < -0.3 is 15.6 Å². The van der Waals surface area contributed by atoms with Crippen molar-refractivity contribution in [2.75, 3.05) is 0 Å². The molecule has 0 aliphatic heterocycles. The third kappa shape index (κ3) is 3.38. The van der Waals surface area contributed by atoms with E-state index in [1.165, 1.54) is 19.3 Å². The second kappa shape index (κ2) is 6.75. The summed E-state index contributed by atoms with van der Waals surface area (Å²) in [7, 11) is 0. The molecule has 1 amide bonds. The van der Waals surface area contributed by atoms with Gasteiger partial charge in [-0.1, -0.05) is 23.7 Å². The Bertz CT molecular complexity index is 830. The quantitative estimate of drug-likeness (QED) is 0.866. The summed E-state index contributed by atoms with van der Waals surface area (Å²) < 4.78 is 5.35. The molecular formula is C21H26N4O2. The van der Waals surface area contributed by atoms with E-state index < -0.39 is 0 Å². The van der Waals surface area contributed by atoms with Gasteiger partial charge in [-0.25, -0.2) is 0 Å². The molecule has 5 rings (SSSR count). The largest absolute Gasteiger partial charge is 0.349 e. The first-order valence-corrected chi connectivity index (χ1v) is 10.2. The standard InChI is InChI=1S/C21H26N4O2/c22-17-10-13-3-1-4-14(11-17)18(13)23-20(26)16-6-2-5-15(9-16)19-24-21(27-25-19)12-7-8-12/h2,5-6,9,12-14,17-18H,1,3-4,7-8,10-11,22H2,(H,23,26). The SMILES string of the molecule is NC1CC2CCCC(C1)C2NC(=O)c1cccc(-c2noc(C3CC3)n2)c1. The van der Waals surface area contributed by atoms with Gasteiger partial charge in [-0.15, -0.1) is 0 Å². The topological polar surface area (TPSA) is 94.0 Å². The first-order chi connectivity index (χ1) is 13.2. The molecule has 3 N–H and O–H groups in total. The molecule has 3 saturated carbocycles. The third-order valence-electron chi connectivity index (χ3n) is 6.43. The average Bonchev–Trinajstić information content (AvgIpc) is 3.39. The number of nitrogens with two attached hydrogens (primary N) is 1. The highest BCUT2D eigenvalue weighted by atomic mass is 16.5. The van der Waals surface area contributed by atoms with Crippen molar-refractivity contribution < 1.29 is 9.32 Å². The summed E-state index contributed by atoms with van der Waals surface area (Å²) in [6.07, 6.45) is 7.88. The summed E-state index contributed by atoms with van der Waals surface area (Å²) in [6.45, 7) is 0. The second-order valence-electron chi connectivity index (χ2n) is 8.49. The van der Waals surface area contributed by atoms with Gasteiger partial charge >= 0.3 is 0 Å². The van der Waals surface area contributed by atoms with Crippen molar-refractivity contribution in [2.45, 2.75) is 62.9 Å². The highest BCUT2D eigenvalue weighted by molar-refractivity contribution is 5.95. The number of benzene rings is 1. The molecule has 3 aliphatic carbocycles. The van der Waals surface area contributed by atoms with Gasteiger partial charge in [-0.05, 0) is 62.5 Å². The lowest BCUT2D eigenvalue weighted by atomic mass is 9.67. The van der Waals surface area contributed by atoms with E-state index in [9.17, 15) is 4.79 Å². The number of rotatable bonds is 4. The molecule has 2 aromatic rings. The lowest BCUT2D eigenvalue weighted by molar-refractivity contribution is 0.0756. The fourth-order valence-electron chi connectivity index (χ4n) is 4.91. The van der Waals surface area contributed by atoms with Crippen molar-refractivity contribution in [3.05, 3.63) is 35.7 Å². The number of amides is 1. The maximum absolute atomic E-state index is 12.9. The Kier molecular flexibility index (Phi) is 4.23. The first kappa shape index (κ1) is 16.9. The van der Waals surface area contributed by atoms with E-state index in [4.69, 9.17) is 10.3 Å². The van der Waals surface area contributed by atoms with Crippen LogP contribution in [0.1, 0.15) is 67.1 Å². The zero-order valence-corrected chi connectivity index (χ0v) is 15.4. The number of nitrogens with one attached hydrogen (secondary N) is 1. The molecule has 2 atom stereocenters. The number of carbonyl (C=O) groups excluding carboxylic acids is 1. The lowest BCUT2D eigenvalue weighted by Gasteiger charge is -2.45. The predicted octanol–water partition coefficient (Wildman–Crippen LogP) is 3.25. The summed E-state index contributed by atoms with van der Waals surface area (Å²) >= 11 is 0. The van der Waals surface area contributed by atoms with E-state index >= 15 is 0 Å². The molecule has 0 spiro atoms. The highest BCUT2D eigenvalue weighted by Gasteiger charge is 2.40. The zero-order chi connectivity index (χ0) is 18.4. The molecule has 3 fully saturated rings. The zero-order valence-electron chi connectivity index (χ0n) is 15.4. The van der Waals surface area contributed by atoms with E-state index in [1.54, 1.807) is 0 Å². The minimum absolute atomic E-state index is 0.0138. The van der Waals surface area contributed by atoms with Gasteiger partial charge in [-0.2, -0.15) is 4.98 Å². The van der Waals surface area contributed by atoms with Crippen molar-refractivity contribution in [1.29, 1.82) is 0 Å². The Morgan fingerprint density at radius 3 is 2.67 bits per heavy atom. The van der Waals surface area contributed by atoms with Crippen molar-refractivity contribution >= 4 is 5.91 Å². The predicted molar refractivity (Wildman–Crippen MR) is 101 cm³/mol. The van der Waals surface area contributed by atoms with E-state index in [1.807, 2.05) is 24.3 Å². The molecule has 1 heterocycles. The normalized spacial score (nSPS) is 30.1. The summed E-state index contributed by atoms with van der Waals surface area (Å²) in [5.74, 6) is 2.71. The van der Waals surface area contributed by atoms with Crippen LogP contribution in [0.4, 0.5) is 0 Å². The van der Waals surface area contributed by atoms with Gasteiger partial charge in [0, 0.05) is 29.1 Å². The minimum Gasteiger partial charge on any atom is -0.349 e. The molecule has 142 valence electrons. The van der Waals surface area contributed by atoms with E-state index in [0.717, 1.165) is 31.2 Å². The Morgan fingerprint density at radius 2 is 1.93 bits per heavy atom. The molecule has 0 radical (unpaired) electrons. The molecule has 27 heavy (non-hydrogen) atoms. The van der Waals surface area contributed by atoms with Gasteiger partial charge in [0.05, 0.1) is 0 Å². The summed E-state index contributed by atoms with van der Waals surface area (Å²) in [6, 6.07) is 8.06. The van der Waals surface area contributed by atoms with Crippen LogP contribution in [0.15, 0.2) is 28.8 Å². The molecule has 0 saturated heterocycles. The number of hydrogen-bond acceptors (Lipinski definition) is 5. The monoisotopic (exact) mass is 366 g/mol. The van der Waals surface area contributed by atoms with Crippen LogP contribution in [0.25, 0.3) is 11.4 Å². The van der Waals surface area contributed by atoms with E-state index in [0.29, 0.717) is 35.0 Å². The van der Waals surface area contributed by atoms with Crippen molar-refractivity contribution in [3.8, 4) is 11.4 Å². The van der Waals surface area contributed by atoms with Crippen molar-refractivity contribution in [1.82, 2.24) is 15.5 Å². The number of aromatic nitrogens is 2. The van der Waals surface area contributed by atoms with Gasteiger partial charge in [0.15, 0.2) is 0 Å². The third-order valence-corrected chi connectivity index (χ3v) is 6.43. The molecule has 1 aromatic carbocycles. The van der Waals surface area contributed by atoms with Crippen LogP contribution in [0.2, 0.25) is 0 Å². The Hall–Kier alpha value is -2.21. The fourth-order valence-corrected chi connectivity index (χ4v) is 4.91. The highest BCUT2D eigenvalue weighted by Crippen LogP contribution is 2.40. The second-order valence-corrected chi connectivity index (χ2v) is 8.49. The number of carbonyl (C=O) groups is 1. The first-order valence-electron chi connectivity index (χ1n) is 10.2. The average molecular weight is 366 g/mol. The molecular weight excluding hydrogens is 340 g/mol. The van der Waals surface area contributed by atoms with E-state index in [-0.39, 0.29) is 18.0 Å². The molecule has 3 aliphatic rings. The van der Waals surface area contributed by atoms with Gasteiger partial charge in [0.1, 0.15) is 0 Å². The molecule has 2 unspecified atom stereocenters. The fraction of sp³-hybridized carbons (Fsp3) is 0.571. The van der Waals surface area contributed by atoms with Crippen LogP contribution in [0.5, 0.6) is 0 Å². The van der Waals surface area contributed by atoms with Crippen LogP contribution >= 0.6 is 0 Å². The summed E-state index contributed by atoms with van der Waals surface area (Å²) in [4.78, 5) is 17.4. The van der Waals surface area contributed by atoms with Crippen LogP contribution in [0.3, 0.4) is 0 Å². The van der Waals surface area contributed by atoms with Crippen LogP contribution < -0.4 is 11.1 Å². The van der Waals surface area contributed by atoms with Gasteiger partial charge in [-0.3, -0.25) is 4.79 Å². The van der Waals surface area contributed by atoms with Gasteiger partial charge in [0.2, 0.25) is 11.7 Å². The smallest absolute Gasteiger partial charge is 0.251 e. The number of hydrogen-bond donors (Lipinski definition) is 2. The molecule has 2 bridgehead atoms.